The van der Waals surface area contributed by atoms with Gasteiger partial charge >= 0.3 is 5.97 Å². The van der Waals surface area contributed by atoms with Gasteiger partial charge in [0.15, 0.2) is 0 Å². The molecule has 0 amide bonds. The maximum Gasteiger partial charge on any atom is 0.328 e. The zero-order valence-corrected chi connectivity index (χ0v) is 10.5. The molecule has 0 atom stereocenters. The average Bonchev–Trinajstić information content (AvgIpc) is 2.29. The third-order valence-electron chi connectivity index (χ3n) is 2.73. The highest BCUT2D eigenvalue weighted by molar-refractivity contribution is 5.82. The van der Waals surface area contributed by atoms with Gasteiger partial charge in [-0.25, -0.2) is 9.78 Å². The number of carboxylic acids is 1. The van der Waals surface area contributed by atoms with Crippen molar-refractivity contribution in [1.29, 1.82) is 0 Å². The molecule has 0 aliphatic rings. The standard InChI is InChI=1S/C11H15N3O4/c1-4-13(11(2,3)10(15)16)9-7-8(14(17)18)5-6-12-9/h5-7H,4H2,1-3H3,(H,15,16). The molecular weight excluding hydrogens is 238 g/mol. The van der Waals surface area contributed by atoms with Crippen molar-refractivity contribution in [2.45, 2.75) is 26.3 Å². The van der Waals surface area contributed by atoms with E-state index in [0.29, 0.717) is 6.54 Å². The van der Waals surface area contributed by atoms with Gasteiger partial charge in [0.25, 0.3) is 5.69 Å². The molecule has 1 N–H and O–H groups in total. The molecule has 0 saturated carbocycles. The minimum absolute atomic E-state index is 0.111. The molecule has 98 valence electrons. The number of aromatic nitrogens is 1. The Morgan fingerprint density at radius 2 is 2.22 bits per heavy atom. The number of likely N-dealkylation sites (N-methyl/N-ethyl adjacent to an activating group) is 1. The van der Waals surface area contributed by atoms with Crippen molar-refractivity contribution in [2.24, 2.45) is 0 Å². The van der Waals surface area contributed by atoms with Gasteiger partial charge in [-0.3, -0.25) is 10.1 Å². The van der Waals surface area contributed by atoms with Crippen LogP contribution in [-0.4, -0.2) is 33.1 Å². The summed E-state index contributed by atoms with van der Waals surface area (Å²) in [5, 5.41) is 19.9. The van der Waals surface area contributed by atoms with E-state index in [1.54, 1.807) is 6.92 Å². The van der Waals surface area contributed by atoms with Crippen molar-refractivity contribution >= 4 is 17.5 Å². The molecule has 7 nitrogen and oxygen atoms in total. The topological polar surface area (TPSA) is 96.6 Å². The lowest BCUT2D eigenvalue weighted by Crippen LogP contribution is -2.50. The van der Waals surface area contributed by atoms with E-state index < -0.39 is 16.4 Å². The summed E-state index contributed by atoms with van der Waals surface area (Å²) in [4.78, 5) is 26.9. The largest absolute Gasteiger partial charge is 0.480 e. The summed E-state index contributed by atoms with van der Waals surface area (Å²) in [6.07, 6.45) is 1.30. The summed E-state index contributed by atoms with van der Waals surface area (Å²) in [6.45, 7) is 5.21. The van der Waals surface area contributed by atoms with E-state index in [9.17, 15) is 20.0 Å². The van der Waals surface area contributed by atoms with Gasteiger partial charge in [-0.05, 0) is 20.8 Å². The SMILES string of the molecule is CCN(c1cc([N+](=O)[O-])ccn1)C(C)(C)C(=O)O. The van der Waals surface area contributed by atoms with E-state index in [2.05, 4.69) is 4.98 Å². The Labute approximate surface area is 104 Å². The first kappa shape index (κ1) is 13.9. The number of hydrogen-bond acceptors (Lipinski definition) is 5. The van der Waals surface area contributed by atoms with E-state index in [-0.39, 0.29) is 11.5 Å². The van der Waals surface area contributed by atoms with Gasteiger partial charge in [-0.15, -0.1) is 0 Å². The molecule has 18 heavy (non-hydrogen) atoms. The predicted octanol–water partition coefficient (Wildman–Crippen LogP) is 1.68. The monoisotopic (exact) mass is 253 g/mol. The molecule has 0 spiro atoms. The molecule has 7 heteroatoms. The number of hydrogen-bond donors (Lipinski definition) is 1. The van der Waals surface area contributed by atoms with Gasteiger partial charge in [0, 0.05) is 18.8 Å². The van der Waals surface area contributed by atoms with E-state index in [0.717, 1.165) is 0 Å². The number of anilines is 1. The highest BCUT2D eigenvalue weighted by atomic mass is 16.6. The maximum atomic E-state index is 11.2. The van der Waals surface area contributed by atoms with Gasteiger partial charge < -0.3 is 10.0 Å². The second-order valence-electron chi connectivity index (χ2n) is 4.24. The van der Waals surface area contributed by atoms with Crippen molar-refractivity contribution < 1.29 is 14.8 Å². The number of aliphatic carboxylic acids is 1. The van der Waals surface area contributed by atoms with E-state index in [4.69, 9.17) is 0 Å². The summed E-state index contributed by atoms with van der Waals surface area (Å²) in [5.74, 6) is -0.739. The lowest BCUT2D eigenvalue weighted by Gasteiger charge is -2.34. The fraction of sp³-hybridized carbons (Fsp3) is 0.455. The molecule has 0 fully saturated rings. The second kappa shape index (κ2) is 4.99. The molecule has 0 saturated heterocycles. The van der Waals surface area contributed by atoms with E-state index in [1.165, 1.54) is 37.1 Å². The van der Waals surface area contributed by atoms with Crippen LogP contribution in [0.2, 0.25) is 0 Å². The van der Waals surface area contributed by atoms with Gasteiger partial charge in [0.2, 0.25) is 0 Å². The van der Waals surface area contributed by atoms with Crippen LogP contribution in [0.4, 0.5) is 11.5 Å². The van der Waals surface area contributed by atoms with Gasteiger partial charge in [-0.1, -0.05) is 0 Å². The molecular formula is C11H15N3O4. The molecule has 1 heterocycles. The second-order valence-corrected chi connectivity index (χ2v) is 4.24. The van der Waals surface area contributed by atoms with Crippen molar-refractivity contribution in [3.8, 4) is 0 Å². The van der Waals surface area contributed by atoms with Crippen molar-refractivity contribution in [3.05, 3.63) is 28.4 Å². The van der Waals surface area contributed by atoms with Gasteiger partial charge in [0.1, 0.15) is 11.4 Å². The first-order chi connectivity index (χ1) is 8.30. The Morgan fingerprint density at radius 1 is 1.61 bits per heavy atom. The first-order valence-electron chi connectivity index (χ1n) is 5.42. The summed E-state index contributed by atoms with van der Waals surface area (Å²) in [7, 11) is 0. The number of carboxylic acid groups (broad SMARTS) is 1. The quantitative estimate of drug-likeness (QED) is 0.633. The smallest absolute Gasteiger partial charge is 0.328 e. The summed E-state index contributed by atoms with van der Waals surface area (Å²) in [6, 6.07) is 2.54. The summed E-state index contributed by atoms with van der Waals surface area (Å²) >= 11 is 0. The van der Waals surface area contributed by atoms with E-state index in [1.807, 2.05) is 0 Å². The number of nitro groups is 1. The van der Waals surface area contributed by atoms with Crippen LogP contribution in [0.25, 0.3) is 0 Å². The summed E-state index contributed by atoms with van der Waals surface area (Å²) < 4.78 is 0. The van der Waals surface area contributed by atoms with Crippen LogP contribution in [0.1, 0.15) is 20.8 Å². The highest BCUT2D eigenvalue weighted by Crippen LogP contribution is 2.25. The van der Waals surface area contributed by atoms with Crippen LogP contribution in [0.15, 0.2) is 18.3 Å². The number of nitrogens with zero attached hydrogens (tertiary/aromatic N) is 3. The number of pyridine rings is 1. The molecule has 1 aromatic heterocycles. The van der Waals surface area contributed by atoms with Crippen LogP contribution in [0, 0.1) is 10.1 Å². The molecule has 0 radical (unpaired) electrons. The van der Waals surface area contributed by atoms with Crippen LogP contribution in [-0.2, 0) is 4.79 Å². The van der Waals surface area contributed by atoms with Gasteiger partial charge in [-0.2, -0.15) is 0 Å². The Kier molecular flexibility index (Phi) is 3.85. The fourth-order valence-electron chi connectivity index (χ4n) is 1.63. The van der Waals surface area contributed by atoms with Crippen LogP contribution in [0.5, 0.6) is 0 Å². The molecule has 0 aliphatic carbocycles. The van der Waals surface area contributed by atoms with Crippen LogP contribution < -0.4 is 4.90 Å². The fourth-order valence-corrected chi connectivity index (χ4v) is 1.63. The maximum absolute atomic E-state index is 11.2. The normalized spacial score (nSPS) is 11.1. The molecule has 1 aromatic rings. The number of carbonyl (C=O) groups is 1. The molecule has 0 aromatic carbocycles. The minimum atomic E-state index is -1.18. The lowest BCUT2D eigenvalue weighted by atomic mass is 10.0. The zero-order chi connectivity index (χ0) is 13.9. The molecule has 0 unspecified atom stereocenters. The Balaban J connectivity index is 3.21. The Morgan fingerprint density at radius 3 is 2.67 bits per heavy atom. The average molecular weight is 253 g/mol. The van der Waals surface area contributed by atoms with E-state index >= 15 is 0 Å². The van der Waals surface area contributed by atoms with Crippen molar-refractivity contribution in [2.75, 3.05) is 11.4 Å². The van der Waals surface area contributed by atoms with Gasteiger partial charge in [0.05, 0.1) is 11.0 Å². The third-order valence-corrected chi connectivity index (χ3v) is 2.73. The minimum Gasteiger partial charge on any atom is -0.480 e. The predicted molar refractivity (Wildman–Crippen MR) is 65.6 cm³/mol. The highest BCUT2D eigenvalue weighted by Gasteiger charge is 2.35. The first-order valence-corrected chi connectivity index (χ1v) is 5.42. The Bertz CT molecular complexity index is 473. The molecule has 1 rings (SSSR count). The van der Waals surface area contributed by atoms with Crippen molar-refractivity contribution in [3.63, 3.8) is 0 Å². The van der Waals surface area contributed by atoms with Crippen LogP contribution in [0.3, 0.4) is 0 Å². The third kappa shape index (κ3) is 2.55. The summed E-state index contributed by atoms with van der Waals surface area (Å²) in [5.41, 5.74) is -1.30. The Hall–Kier alpha value is -2.18. The van der Waals surface area contributed by atoms with Crippen molar-refractivity contribution in [1.82, 2.24) is 4.98 Å². The van der Waals surface area contributed by atoms with Crippen LogP contribution >= 0.6 is 0 Å². The zero-order valence-electron chi connectivity index (χ0n) is 10.5. The molecule has 0 bridgehead atoms. The molecule has 0 aliphatic heterocycles. The lowest BCUT2D eigenvalue weighted by molar-refractivity contribution is -0.384. The number of rotatable bonds is 5.